The summed E-state index contributed by atoms with van der Waals surface area (Å²) in [5, 5.41) is 3.01. The summed E-state index contributed by atoms with van der Waals surface area (Å²) in [5.41, 5.74) is 5.17. The summed E-state index contributed by atoms with van der Waals surface area (Å²) in [4.78, 5) is 27.4. The number of likely N-dealkylation sites (tertiary alicyclic amines) is 1. The molecule has 0 bridgehead atoms. The summed E-state index contributed by atoms with van der Waals surface area (Å²) < 4.78 is 0. The second-order valence-electron chi connectivity index (χ2n) is 7.78. The van der Waals surface area contributed by atoms with Crippen LogP contribution in [0, 0.1) is 26.7 Å². The molecule has 0 atom stereocenters. The van der Waals surface area contributed by atoms with Crippen molar-refractivity contribution in [3.8, 4) is 0 Å². The van der Waals surface area contributed by atoms with Crippen molar-refractivity contribution in [2.45, 2.75) is 40.5 Å². The molecule has 4 heteroatoms. The largest absolute Gasteiger partial charge is 0.339 e. The zero-order valence-corrected chi connectivity index (χ0v) is 16.6. The summed E-state index contributed by atoms with van der Waals surface area (Å²) >= 11 is 0. The van der Waals surface area contributed by atoms with E-state index in [2.05, 4.69) is 24.4 Å². The summed E-state index contributed by atoms with van der Waals surface area (Å²) in [6.45, 7) is 9.83. The summed E-state index contributed by atoms with van der Waals surface area (Å²) in [6, 6.07) is 11.1. The summed E-state index contributed by atoms with van der Waals surface area (Å²) in [6.07, 6.45) is 2.08. The van der Waals surface area contributed by atoms with Gasteiger partial charge in [0.15, 0.2) is 0 Å². The van der Waals surface area contributed by atoms with Gasteiger partial charge in [0.05, 0.1) is 0 Å². The van der Waals surface area contributed by atoms with Crippen LogP contribution >= 0.6 is 0 Å². The minimum Gasteiger partial charge on any atom is -0.339 e. The Labute approximate surface area is 161 Å². The first kappa shape index (κ1) is 19.2. The molecule has 142 valence electrons. The number of rotatable bonds is 3. The van der Waals surface area contributed by atoms with Crippen molar-refractivity contribution >= 4 is 17.5 Å². The van der Waals surface area contributed by atoms with Gasteiger partial charge in [-0.05, 0) is 68.9 Å². The molecule has 0 unspecified atom stereocenters. The molecule has 3 rings (SSSR count). The van der Waals surface area contributed by atoms with E-state index < -0.39 is 0 Å². The molecule has 27 heavy (non-hydrogen) atoms. The third-order valence-electron chi connectivity index (χ3n) is 5.36. The van der Waals surface area contributed by atoms with Crippen LogP contribution in [-0.4, -0.2) is 29.8 Å². The topological polar surface area (TPSA) is 49.4 Å². The number of hydrogen-bond donors (Lipinski definition) is 1. The molecule has 1 aliphatic rings. The summed E-state index contributed by atoms with van der Waals surface area (Å²) in [7, 11) is 0. The van der Waals surface area contributed by atoms with E-state index in [1.165, 1.54) is 5.56 Å². The number of nitrogens with zero attached hydrogens (tertiary/aromatic N) is 1. The fourth-order valence-corrected chi connectivity index (χ4v) is 3.75. The van der Waals surface area contributed by atoms with Gasteiger partial charge >= 0.3 is 0 Å². The van der Waals surface area contributed by atoms with Gasteiger partial charge in [0, 0.05) is 29.9 Å². The fourth-order valence-electron chi connectivity index (χ4n) is 3.75. The van der Waals surface area contributed by atoms with Crippen LogP contribution in [0.4, 0.5) is 5.69 Å². The number of hydrogen-bond acceptors (Lipinski definition) is 2. The fraction of sp³-hybridized carbons (Fsp3) is 0.391. The van der Waals surface area contributed by atoms with Crippen molar-refractivity contribution in [2.75, 3.05) is 18.4 Å². The van der Waals surface area contributed by atoms with Crippen molar-refractivity contribution in [1.29, 1.82) is 0 Å². The molecule has 1 fully saturated rings. The molecule has 0 radical (unpaired) electrons. The van der Waals surface area contributed by atoms with Gasteiger partial charge < -0.3 is 10.2 Å². The third kappa shape index (κ3) is 4.38. The lowest BCUT2D eigenvalue weighted by atomic mass is 9.98. The average molecular weight is 364 g/mol. The number of amides is 2. The van der Waals surface area contributed by atoms with Crippen LogP contribution in [0.5, 0.6) is 0 Å². The van der Waals surface area contributed by atoms with Gasteiger partial charge in [0.25, 0.3) is 11.8 Å². The van der Waals surface area contributed by atoms with Gasteiger partial charge in [-0.15, -0.1) is 0 Å². The lowest BCUT2D eigenvalue weighted by Crippen LogP contribution is -2.38. The Bertz CT molecular complexity index is 841. The van der Waals surface area contributed by atoms with Crippen LogP contribution in [-0.2, 0) is 0 Å². The predicted octanol–water partition coefficient (Wildman–Crippen LogP) is 4.74. The van der Waals surface area contributed by atoms with E-state index in [1.54, 1.807) is 24.3 Å². The maximum absolute atomic E-state index is 12.8. The third-order valence-corrected chi connectivity index (χ3v) is 5.36. The van der Waals surface area contributed by atoms with Gasteiger partial charge in [-0.3, -0.25) is 9.59 Å². The van der Waals surface area contributed by atoms with Gasteiger partial charge in [-0.25, -0.2) is 0 Å². The zero-order valence-electron chi connectivity index (χ0n) is 16.6. The highest BCUT2D eigenvalue weighted by Crippen LogP contribution is 2.23. The molecule has 1 N–H and O–H groups in total. The van der Waals surface area contributed by atoms with E-state index in [1.807, 2.05) is 25.7 Å². The molecule has 1 aliphatic heterocycles. The molecule has 2 aromatic carbocycles. The highest BCUT2D eigenvalue weighted by atomic mass is 16.2. The quantitative estimate of drug-likeness (QED) is 0.855. The lowest BCUT2D eigenvalue weighted by Gasteiger charge is -2.30. The normalized spacial score (nSPS) is 14.9. The van der Waals surface area contributed by atoms with E-state index in [9.17, 15) is 9.59 Å². The first-order valence-electron chi connectivity index (χ1n) is 9.63. The van der Waals surface area contributed by atoms with E-state index in [0.29, 0.717) is 17.0 Å². The lowest BCUT2D eigenvalue weighted by molar-refractivity contribution is 0.0697. The minimum absolute atomic E-state index is 0.0132. The Hall–Kier alpha value is -2.62. The van der Waals surface area contributed by atoms with Crippen LogP contribution in [0.1, 0.15) is 57.2 Å². The second-order valence-corrected chi connectivity index (χ2v) is 7.78. The molecule has 0 aliphatic carbocycles. The van der Waals surface area contributed by atoms with E-state index in [4.69, 9.17) is 0 Å². The highest BCUT2D eigenvalue weighted by molar-refractivity contribution is 6.06. The van der Waals surface area contributed by atoms with Gasteiger partial charge in [0.1, 0.15) is 0 Å². The molecule has 0 saturated carbocycles. The molecule has 0 aromatic heterocycles. The molecular formula is C23H28N2O2. The first-order chi connectivity index (χ1) is 12.8. The number of anilines is 1. The van der Waals surface area contributed by atoms with Crippen LogP contribution < -0.4 is 5.32 Å². The standard InChI is InChI=1S/C23H28N2O2/c1-15-8-10-25(11-9-15)23(27)20-7-5-6-19(14-20)22(26)24-21-17(3)12-16(2)13-18(21)4/h5-7,12-15H,8-11H2,1-4H3,(H,24,26). The minimum atomic E-state index is -0.188. The second kappa shape index (κ2) is 7.95. The number of piperidine rings is 1. The van der Waals surface area contributed by atoms with Crippen molar-refractivity contribution in [3.63, 3.8) is 0 Å². The van der Waals surface area contributed by atoms with Crippen molar-refractivity contribution < 1.29 is 9.59 Å². The Balaban J connectivity index is 1.77. The van der Waals surface area contributed by atoms with E-state index in [-0.39, 0.29) is 11.8 Å². The van der Waals surface area contributed by atoms with Crippen molar-refractivity contribution in [1.82, 2.24) is 4.90 Å². The van der Waals surface area contributed by atoms with Crippen LogP contribution in [0.15, 0.2) is 36.4 Å². The predicted molar refractivity (Wildman–Crippen MR) is 109 cm³/mol. The molecule has 2 aromatic rings. The Morgan fingerprint density at radius 1 is 0.963 bits per heavy atom. The number of carbonyl (C=O) groups excluding carboxylic acids is 2. The molecule has 1 heterocycles. The Morgan fingerprint density at radius 3 is 2.19 bits per heavy atom. The Kier molecular flexibility index (Phi) is 5.64. The summed E-state index contributed by atoms with van der Waals surface area (Å²) in [5.74, 6) is 0.498. The van der Waals surface area contributed by atoms with Crippen LogP contribution in [0.2, 0.25) is 0 Å². The Morgan fingerprint density at radius 2 is 1.56 bits per heavy atom. The molecular weight excluding hydrogens is 336 g/mol. The number of aryl methyl sites for hydroxylation is 3. The highest BCUT2D eigenvalue weighted by Gasteiger charge is 2.22. The zero-order chi connectivity index (χ0) is 19.6. The van der Waals surface area contributed by atoms with Gasteiger partial charge in [-0.1, -0.05) is 30.7 Å². The van der Waals surface area contributed by atoms with E-state index >= 15 is 0 Å². The van der Waals surface area contributed by atoms with Crippen molar-refractivity contribution in [2.24, 2.45) is 5.92 Å². The molecule has 4 nitrogen and oxygen atoms in total. The van der Waals surface area contributed by atoms with Crippen LogP contribution in [0.3, 0.4) is 0 Å². The maximum Gasteiger partial charge on any atom is 0.255 e. The van der Waals surface area contributed by atoms with Crippen LogP contribution in [0.25, 0.3) is 0 Å². The molecule has 2 amide bonds. The maximum atomic E-state index is 12.8. The average Bonchev–Trinajstić information content (AvgIpc) is 2.64. The number of benzene rings is 2. The van der Waals surface area contributed by atoms with Crippen molar-refractivity contribution in [3.05, 3.63) is 64.2 Å². The monoisotopic (exact) mass is 364 g/mol. The first-order valence-corrected chi connectivity index (χ1v) is 9.63. The molecule has 0 spiro atoms. The number of carbonyl (C=O) groups is 2. The smallest absolute Gasteiger partial charge is 0.255 e. The van der Waals surface area contributed by atoms with Gasteiger partial charge in [0.2, 0.25) is 0 Å². The SMILES string of the molecule is Cc1cc(C)c(NC(=O)c2cccc(C(=O)N3CCC(C)CC3)c2)c(C)c1. The van der Waals surface area contributed by atoms with E-state index in [0.717, 1.165) is 42.7 Å². The number of nitrogens with one attached hydrogen (secondary N) is 1. The molecule has 1 saturated heterocycles. The van der Waals surface area contributed by atoms with Gasteiger partial charge in [-0.2, -0.15) is 0 Å².